The number of benzene rings is 2. The number of nitrogens with one attached hydrogen (secondary N) is 1. The number of ether oxygens (including phenoxy) is 1. The molecular formula is C24H27NO3. The number of carbonyl (C=O) groups excluding carboxylic acids is 1. The first-order valence-electron chi connectivity index (χ1n) is 9.50. The van der Waals surface area contributed by atoms with Gasteiger partial charge in [0.15, 0.2) is 0 Å². The lowest BCUT2D eigenvalue weighted by molar-refractivity contribution is -0.116. The molecule has 0 saturated carbocycles. The normalized spacial score (nSPS) is 11.7. The summed E-state index contributed by atoms with van der Waals surface area (Å²) < 4.78 is 11.5. The Morgan fingerprint density at radius 1 is 1.14 bits per heavy atom. The second kappa shape index (κ2) is 8.34. The Kier molecular flexibility index (Phi) is 5.88. The highest BCUT2D eigenvalue weighted by molar-refractivity contribution is 5.98. The smallest absolute Gasteiger partial charge is 0.244 e. The summed E-state index contributed by atoms with van der Waals surface area (Å²) in [6.07, 6.45) is 2.44. The van der Waals surface area contributed by atoms with Crippen LogP contribution in [-0.4, -0.2) is 19.6 Å². The summed E-state index contributed by atoms with van der Waals surface area (Å²) in [7, 11) is 1.65. The number of fused-ring (bicyclic) bond motifs is 1. The first-order valence-corrected chi connectivity index (χ1v) is 9.50. The SMILES string of the molecule is COc1c(/C(C)=C/C(=O)NCCc2ccccc2)cc2c(C)c(C)oc2c1C. The van der Waals surface area contributed by atoms with Gasteiger partial charge in [0, 0.05) is 29.1 Å². The fourth-order valence-electron chi connectivity index (χ4n) is 3.47. The fourth-order valence-corrected chi connectivity index (χ4v) is 3.47. The average Bonchev–Trinajstić information content (AvgIpc) is 2.97. The first-order chi connectivity index (χ1) is 13.4. The minimum atomic E-state index is -0.103. The Bertz CT molecular complexity index is 1030. The highest BCUT2D eigenvalue weighted by Gasteiger charge is 2.18. The molecule has 3 rings (SSSR count). The second-order valence-corrected chi connectivity index (χ2v) is 7.10. The molecule has 1 N–H and O–H groups in total. The predicted octanol–water partition coefficient (Wildman–Crippen LogP) is 5.13. The summed E-state index contributed by atoms with van der Waals surface area (Å²) in [6, 6.07) is 12.2. The highest BCUT2D eigenvalue weighted by Crippen LogP contribution is 2.38. The monoisotopic (exact) mass is 377 g/mol. The molecule has 0 aliphatic heterocycles. The van der Waals surface area contributed by atoms with E-state index in [1.54, 1.807) is 13.2 Å². The number of furan rings is 1. The Morgan fingerprint density at radius 2 is 1.86 bits per heavy atom. The van der Waals surface area contributed by atoms with Crippen LogP contribution in [-0.2, 0) is 11.2 Å². The van der Waals surface area contributed by atoms with Crippen molar-refractivity contribution < 1.29 is 13.9 Å². The number of aryl methyl sites for hydroxylation is 3. The van der Waals surface area contributed by atoms with Crippen molar-refractivity contribution in [2.75, 3.05) is 13.7 Å². The van der Waals surface area contributed by atoms with Gasteiger partial charge in [-0.15, -0.1) is 0 Å². The molecule has 1 aromatic heterocycles. The molecule has 0 bridgehead atoms. The van der Waals surface area contributed by atoms with Gasteiger partial charge in [0.05, 0.1) is 7.11 Å². The van der Waals surface area contributed by atoms with Crippen LogP contribution in [0.2, 0.25) is 0 Å². The molecule has 0 radical (unpaired) electrons. The van der Waals surface area contributed by atoms with Crippen LogP contribution >= 0.6 is 0 Å². The zero-order valence-electron chi connectivity index (χ0n) is 17.2. The topological polar surface area (TPSA) is 51.5 Å². The Hall–Kier alpha value is -3.01. The molecule has 1 heterocycles. The summed E-state index contributed by atoms with van der Waals surface area (Å²) >= 11 is 0. The zero-order valence-corrected chi connectivity index (χ0v) is 17.2. The minimum Gasteiger partial charge on any atom is -0.496 e. The van der Waals surface area contributed by atoms with Gasteiger partial charge < -0.3 is 14.5 Å². The molecule has 4 nitrogen and oxygen atoms in total. The number of methoxy groups -OCH3 is 1. The first kappa shape index (κ1) is 19.7. The van der Waals surface area contributed by atoms with Gasteiger partial charge >= 0.3 is 0 Å². The number of hydrogen-bond donors (Lipinski definition) is 1. The average molecular weight is 377 g/mol. The van der Waals surface area contributed by atoms with Crippen LogP contribution in [0.1, 0.15) is 34.9 Å². The summed E-state index contributed by atoms with van der Waals surface area (Å²) in [5, 5.41) is 4.02. The van der Waals surface area contributed by atoms with Gasteiger partial charge in [-0.3, -0.25) is 4.79 Å². The number of hydrogen-bond acceptors (Lipinski definition) is 3. The van der Waals surface area contributed by atoms with Gasteiger partial charge in [-0.1, -0.05) is 30.3 Å². The van der Waals surface area contributed by atoms with Crippen LogP contribution in [0, 0.1) is 20.8 Å². The largest absolute Gasteiger partial charge is 0.496 e. The molecule has 0 saturated heterocycles. The second-order valence-electron chi connectivity index (χ2n) is 7.10. The molecule has 146 valence electrons. The van der Waals surface area contributed by atoms with Gasteiger partial charge in [-0.25, -0.2) is 0 Å². The minimum absolute atomic E-state index is 0.103. The third-order valence-electron chi connectivity index (χ3n) is 5.18. The van der Waals surface area contributed by atoms with E-state index in [-0.39, 0.29) is 5.91 Å². The van der Waals surface area contributed by atoms with Crippen LogP contribution in [0.3, 0.4) is 0 Å². The summed E-state index contributed by atoms with van der Waals surface area (Å²) in [5.41, 5.74) is 5.88. The molecule has 0 fully saturated rings. The van der Waals surface area contributed by atoms with Crippen LogP contribution < -0.4 is 10.1 Å². The molecule has 1 amide bonds. The molecule has 0 atom stereocenters. The Labute approximate surface area is 166 Å². The van der Waals surface area contributed by atoms with Crippen molar-refractivity contribution in [1.29, 1.82) is 0 Å². The maximum Gasteiger partial charge on any atom is 0.244 e. The molecular weight excluding hydrogens is 350 g/mol. The molecule has 0 aliphatic rings. The van der Waals surface area contributed by atoms with Crippen molar-refractivity contribution in [3.05, 3.63) is 70.5 Å². The Balaban J connectivity index is 1.82. The van der Waals surface area contributed by atoms with Crippen LogP contribution in [0.4, 0.5) is 0 Å². The Morgan fingerprint density at radius 3 is 2.54 bits per heavy atom. The van der Waals surface area contributed by atoms with E-state index >= 15 is 0 Å². The van der Waals surface area contributed by atoms with E-state index in [1.165, 1.54) is 5.56 Å². The van der Waals surface area contributed by atoms with Gasteiger partial charge in [-0.05, 0) is 56.9 Å². The van der Waals surface area contributed by atoms with Gasteiger partial charge in [0.25, 0.3) is 0 Å². The summed E-state index contributed by atoms with van der Waals surface area (Å²) in [6.45, 7) is 8.53. The van der Waals surface area contributed by atoms with Crippen molar-refractivity contribution in [3.63, 3.8) is 0 Å². The van der Waals surface area contributed by atoms with E-state index in [2.05, 4.69) is 23.5 Å². The van der Waals surface area contributed by atoms with Crippen molar-refractivity contribution >= 4 is 22.4 Å². The summed E-state index contributed by atoms with van der Waals surface area (Å²) in [5.74, 6) is 1.54. The number of rotatable bonds is 6. The van der Waals surface area contributed by atoms with Crippen LogP contribution in [0.5, 0.6) is 5.75 Å². The van der Waals surface area contributed by atoms with Gasteiger partial charge in [0.1, 0.15) is 17.1 Å². The maximum atomic E-state index is 12.4. The number of carbonyl (C=O) groups is 1. The third-order valence-corrected chi connectivity index (χ3v) is 5.18. The van der Waals surface area contributed by atoms with E-state index in [0.29, 0.717) is 6.54 Å². The summed E-state index contributed by atoms with van der Waals surface area (Å²) in [4.78, 5) is 12.4. The molecule has 2 aromatic carbocycles. The van der Waals surface area contributed by atoms with E-state index in [0.717, 1.165) is 51.2 Å². The fraction of sp³-hybridized carbons (Fsp3) is 0.292. The van der Waals surface area contributed by atoms with E-state index in [9.17, 15) is 4.79 Å². The molecule has 0 aliphatic carbocycles. The van der Waals surface area contributed by atoms with E-state index < -0.39 is 0 Å². The van der Waals surface area contributed by atoms with Crippen molar-refractivity contribution in [3.8, 4) is 5.75 Å². The van der Waals surface area contributed by atoms with Crippen molar-refractivity contribution in [2.24, 2.45) is 0 Å². The van der Waals surface area contributed by atoms with Crippen LogP contribution in [0.25, 0.3) is 16.5 Å². The molecule has 28 heavy (non-hydrogen) atoms. The quantitative estimate of drug-likeness (QED) is 0.606. The predicted molar refractivity (Wildman–Crippen MR) is 114 cm³/mol. The van der Waals surface area contributed by atoms with E-state index in [4.69, 9.17) is 9.15 Å². The van der Waals surface area contributed by atoms with E-state index in [1.807, 2.05) is 45.9 Å². The van der Waals surface area contributed by atoms with Crippen LogP contribution in [0.15, 0.2) is 46.9 Å². The lowest BCUT2D eigenvalue weighted by atomic mass is 9.98. The molecule has 0 unspecified atom stereocenters. The lowest BCUT2D eigenvalue weighted by Crippen LogP contribution is -2.23. The third kappa shape index (κ3) is 3.96. The van der Waals surface area contributed by atoms with Crippen molar-refractivity contribution in [2.45, 2.75) is 34.1 Å². The molecule has 0 spiro atoms. The lowest BCUT2D eigenvalue weighted by Gasteiger charge is -2.13. The van der Waals surface area contributed by atoms with Gasteiger partial charge in [-0.2, -0.15) is 0 Å². The number of allylic oxidation sites excluding steroid dienone is 1. The van der Waals surface area contributed by atoms with Crippen molar-refractivity contribution in [1.82, 2.24) is 5.32 Å². The molecule has 4 heteroatoms. The van der Waals surface area contributed by atoms with Gasteiger partial charge in [0.2, 0.25) is 5.91 Å². The standard InChI is InChI=1S/C24H27NO3/c1-15(13-22(26)25-12-11-19-9-7-6-8-10-19)20-14-21-16(2)18(4)28-24(21)17(3)23(20)27-5/h6-10,13-14H,11-12H2,1-5H3,(H,25,26)/b15-13+. The zero-order chi connectivity index (χ0) is 20.3. The molecule has 3 aromatic rings. The highest BCUT2D eigenvalue weighted by atomic mass is 16.5. The maximum absolute atomic E-state index is 12.4. The number of amides is 1.